The first-order valence-electron chi connectivity index (χ1n) is 12.1. The molecule has 182 valence electrons. The maximum Gasteiger partial charge on any atom is 0.258 e. The smallest absolute Gasteiger partial charge is 0.258 e. The average molecular weight is 474 g/mol. The number of carbonyl (C=O) groups excluding carboxylic acids is 1. The maximum atomic E-state index is 12.6. The van der Waals surface area contributed by atoms with Crippen molar-refractivity contribution in [2.45, 2.75) is 45.6 Å². The summed E-state index contributed by atoms with van der Waals surface area (Å²) in [6.07, 6.45) is 3.04. The number of hydrogen-bond acceptors (Lipinski definition) is 7. The average Bonchev–Trinajstić information content (AvgIpc) is 3.25. The highest BCUT2D eigenvalue weighted by Gasteiger charge is 2.20. The van der Waals surface area contributed by atoms with Crippen LogP contribution in [0.2, 0.25) is 0 Å². The summed E-state index contributed by atoms with van der Waals surface area (Å²) in [7, 11) is 1.90. The lowest BCUT2D eigenvalue weighted by atomic mass is 10.00. The molecule has 0 bridgehead atoms. The molecule has 2 aromatic carbocycles. The third-order valence-electron chi connectivity index (χ3n) is 6.07. The maximum absolute atomic E-state index is 12.6. The number of nitrogens with zero attached hydrogens (tertiary/aromatic N) is 4. The van der Waals surface area contributed by atoms with Gasteiger partial charge in [0.2, 0.25) is 11.7 Å². The second-order valence-corrected chi connectivity index (χ2v) is 8.98. The summed E-state index contributed by atoms with van der Waals surface area (Å²) in [6.45, 7) is 6.15. The highest BCUT2D eigenvalue weighted by molar-refractivity contribution is 5.76. The predicted octanol–water partition coefficient (Wildman–Crippen LogP) is 3.99. The fraction of sp³-hybridized carbons (Fsp3) is 0.407. The predicted molar refractivity (Wildman–Crippen MR) is 133 cm³/mol. The van der Waals surface area contributed by atoms with Crippen molar-refractivity contribution in [2.75, 3.05) is 26.7 Å². The highest BCUT2D eigenvalue weighted by Crippen LogP contribution is 2.29. The van der Waals surface area contributed by atoms with Crippen molar-refractivity contribution in [2.24, 2.45) is 0 Å². The molecule has 0 spiro atoms. The first-order valence-corrected chi connectivity index (χ1v) is 12.1. The van der Waals surface area contributed by atoms with Crippen molar-refractivity contribution in [3.63, 3.8) is 0 Å². The number of hydrogen-bond donors (Lipinski definition) is 1. The third kappa shape index (κ3) is 5.87. The fourth-order valence-corrected chi connectivity index (χ4v) is 4.25. The standard InChI is InChI=1S/C27H31N5O3/c1-18(2)34-24-9-8-22(16-23(24)17-28)27-30-26(31-35-27)21-7-6-19-10-13-32(14-11-20(19)15-21)25(33)5-4-12-29-3/h6-9,15-16,18,29H,4-5,10-14H2,1-3H3. The van der Waals surface area contributed by atoms with E-state index in [-0.39, 0.29) is 12.0 Å². The highest BCUT2D eigenvalue weighted by atomic mass is 16.5. The van der Waals surface area contributed by atoms with Gasteiger partial charge in [-0.2, -0.15) is 10.2 Å². The molecule has 1 aliphatic heterocycles. The molecule has 3 aromatic rings. The molecular weight excluding hydrogens is 442 g/mol. The van der Waals surface area contributed by atoms with E-state index in [0.29, 0.717) is 41.6 Å². The van der Waals surface area contributed by atoms with Gasteiger partial charge in [0.05, 0.1) is 11.7 Å². The monoisotopic (exact) mass is 473 g/mol. The van der Waals surface area contributed by atoms with Crippen LogP contribution in [-0.2, 0) is 17.6 Å². The van der Waals surface area contributed by atoms with Gasteiger partial charge in [0.25, 0.3) is 5.89 Å². The summed E-state index contributed by atoms with van der Waals surface area (Å²) in [4.78, 5) is 19.1. The number of aromatic nitrogens is 2. The van der Waals surface area contributed by atoms with Crippen LogP contribution in [0.3, 0.4) is 0 Å². The summed E-state index contributed by atoms with van der Waals surface area (Å²) in [5, 5.41) is 16.8. The van der Waals surface area contributed by atoms with Crippen molar-refractivity contribution in [1.82, 2.24) is 20.4 Å². The summed E-state index contributed by atoms with van der Waals surface area (Å²) in [5.74, 6) is 1.60. The second kappa shape index (κ2) is 11.2. The van der Waals surface area contributed by atoms with Crippen molar-refractivity contribution in [1.29, 1.82) is 5.26 Å². The number of nitriles is 1. The van der Waals surface area contributed by atoms with Gasteiger partial charge in [-0.25, -0.2) is 0 Å². The van der Waals surface area contributed by atoms with Gasteiger partial charge < -0.3 is 19.5 Å². The summed E-state index contributed by atoms with van der Waals surface area (Å²) in [5.41, 5.74) is 4.42. The number of amides is 1. The van der Waals surface area contributed by atoms with Crippen LogP contribution < -0.4 is 10.1 Å². The van der Waals surface area contributed by atoms with Gasteiger partial charge in [0.15, 0.2) is 0 Å². The largest absolute Gasteiger partial charge is 0.490 e. The van der Waals surface area contributed by atoms with Gasteiger partial charge in [-0.1, -0.05) is 17.3 Å². The van der Waals surface area contributed by atoms with E-state index in [1.165, 1.54) is 11.1 Å². The molecule has 1 aromatic heterocycles. The third-order valence-corrected chi connectivity index (χ3v) is 6.07. The zero-order valence-electron chi connectivity index (χ0n) is 20.5. The van der Waals surface area contributed by atoms with E-state index in [9.17, 15) is 10.1 Å². The number of ether oxygens (including phenoxy) is 1. The SMILES string of the molecule is CNCCCC(=O)N1CCc2ccc(-c3noc(-c4ccc(OC(C)C)c(C#N)c4)n3)cc2CC1. The summed E-state index contributed by atoms with van der Waals surface area (Å²) < 4.78 is 11.2. The molecule has 8 nitrogen and oxygen atoms in total. The number of benzene rings is 2. The molecule has 1 aliphatic rings. The van der Waals surface area contributed by atoms with E-state index in [1.807, 2.05) is 37.9 Å². The summed E-state index contributed by atoms with van der Waals surface area (Å²) in [6, 6.07) is 13.6. The fourth-order valence-electron chi connectivity index (χ4n) is 4.25. The number of rotatable bonds is 8. The molecule has 4 rings (SSSR count). The van der Waals surface area contributed by atoms with Crippen LogP contribution in [0.15, 0.2) is 40.9 Å². The molecule has 8 heteroatoms. The topological polar surface area (TPSA) is 104 Å². The van der Waals surface area contributed by atoms with Crippen LogP contribution in [0.1, 0.15) is 43.4 Å². The molecule has 35 heavy (non-hydrogen) atoms. The zero-order chi connectivity index (χ0) is 24.8. The Bertz CT molecular complexity index is 1230. The first-order chi connectivity index (χ1) is 17.0. The Morgan fingerprint density at radius 2 is 1.94 bits per heavy atom. The van der Waals surface area contributed by atoms with Gasteiger partial charge in [-0.15, -0.1) is 0 Å². The van der Waals surface area contributed by atoms with Crippen molar-refractivity contribution in [3.05, 3.63) is 53.1 Å². The molecule has 0 unspecified atom stereocenters. The van der Waals surface area contributed by atoms with Crippen LogP contribution in [0, 0.1) is 11.3 Å². The van der Waals surface area contributed by atoms with Crippen molar-refractivity contribution < 1.29 is 14.1 Å². The Morgan fingerprint density at radius 3 is 2.69 bits per heavy atom. The van der Waals surface area contributed by atoms with Gasteiger partial charge in [-0.3, -0.25) is 4.79 Å². The van der Waals surface area contributed by atoms with E-state index in [0.717, 1.165) is 37.9 Å². The Kier molecular flexibility index (Phi) is 7.78. The van der Waals surface area contributed by atoms with Crippen molar-refractivity contribution >= 4 is 5.91 Å². The molecule has 0 fully saturated rings. The molecule has 0 aliphatic carbocycles. The Morgan fingerprint density at radius 1 is 1.17 bits per heavy atom. The normalized spacial score (nSPS) is 13.3. The second-order valence-electron chi connectivity index (χ2n) is 8.98. The molecule has 0 radical (unpaired) electrons. The molecule has 1 amide bonds. The minimum atomic E-state index is -0.0280. The van der Waals surface area contributed by atoms with Gasteiger partial charge in [-0.05, 0) is 82.1 Å². The van der Waals surface area contributed by atoms with Gasteiger partial charge >= 0.3 is 0 Å². The number of fused-ring (bicyclic) bond motifs is 1. The van der Waals surface area contributed by atoms with Crippen LogP contribution >= 0.6 is 0 Å². The van der Waals surface area contributed by atoms with Gasteiger partial charge in [0.1, 0.15) is 11.8 Å². The summed E-state index contributed by atoms with van der Waals surface area (Å²) >= 11 is 0. The van der Waals surface area contributed by atoms with E-state index < -0.39 is 0 Å². The minimum Gasteiger partial charge on any atom is -0.490 e. The Hall–Kier alpha value is -3.70. The lowest BCUT2D eigenvalue weighted by molar-refractivity contribution is -0.131. The van der Waals surface area contributed by atoms with Crippen LogP contribution in [0.4, 0.5) is 0 Å². The Balaban J connectivity index is 1.49. The van der Waals surface area contributed by atoms with E-state index in [4.69, 9.17) is 9.26 Å². The quantitative estimate of drug-likeness (QED) is 0.493. The van der Waals surface area contributed by atoms with Crippen LogP contribution in [-0.4, -0.2) is 53.7 Å². The molecule has 1 N–H and O–H groups in total. The molecule has 2 heterocycles. The van der Waals surface area contributed by atoms with E-state index >= 15 is 0 Å². The first kappa shape index (κ1) is 24.4. The molecule has 0 saturated heterocycles. The Labute approximate surface area is 205 Å². The lowest BCUT2D eigenvalue weighted by Gasteiger charge is -2.20. The van der Waals surface area contributed by atoms with Gasteiger partial charge in [0, 0.05) is 30.6 Å². The molecular formula is C27H31N5O3. The van der Waals surface area contributed by atoms with Crippen LogP contribution in [0.5, 0.6) is 5.75 Å². The number of nitrogens with one attached hydrogen (secondary N) is 1. The molecule has 0 atom stereocenters. The molecule has 0 saturated carbocycles. The van der Waals surface area contributed by atoms with E-state index in [1.54, 1.807) is 12.1 Å². The van der Waals surface area contributed by atoms with Crippen molar-refractivity contribution in [3.8, 4) is 34.7 Å². The minimum absolute atomic E-state index is 0.0280. The number of carbonyl (C=O) groups is 1. The lowest BCUT2D eigenvalue weighted by Crippen LogP contribution is -2.33. The zero-order valence-corrected chi connectivity index (χ0v) is 20.5. The van der Waals surface area contributed by atoms with E-state index in [2.05, 4.69) is 33.7 Å². The van der Waals surface area contributed by atoms with Crippen LogP contribution in [0.25, 0.3) is 22.8 Å².